The fourth-order valence-electron chi connectivity index (χ4n) is 1.74. The molecule has 0 unspecified atom stereocenters. The van der Waals surface area contributed by atoms with Gasteiger partial charge < -0.3 is 9.64 Å². The van der Waals surface area contributed by atoms with Crippen LogP contribution in [0, 0.1) is 0 Å². The van der Waals surface area contributed by atoms with E-state index in [1.807, 2.05) is 24.4 Å². The van der Waals surface area contributed by atoms with E-state index in [9.17, 15) is 9.59 Å². The average Bonchev–Trinajstić information content (AvgIpc) is 3.14. The molecule has 0 radical (unpaired) electrons. The molecule has 106 valence electrons. The Hall–Kier alpha value is -1.66. The Balaban J connectivity index is 2.12. The first-order chi connectivity index (χ1) is 9.65. The van der Waals surface area contributed by atoms with Gasteiger partial charge in [0, 0.05) is 11.4 Å². The lowest BCUT2D eigenvalue weighted by atomic mass is 10.3. The molecular weight excluding hydrogens is 294 g/mol. The second-order valence-corrected chi connectivity index (χ2v) is 6.17. The van der Waals surface area contributed by atoms with Crippen LogP contribution < -0.4 is 0 Å². The topological polar surface area (TPSA) is 46.6 Å². The molecule has 0 atom stereocenters. The number of thiophene rings is 2. The summed E-state index contributed by atoms with van der Waals surface area (Å²) in [6, 6.07) is 7.28. The molecule has 4 nitrogen and oxygen atoms in total. The smallest absolute Gasteiger partial charge is 0.348 e. The fourth-order valence-corrected chi connectivity index (χ4v) is 3.35. The van der Waals surface area contributed by atoms with Gasteiger partial charge in [-0.1, -0.05) is 6.07 Å². The highest BCUT2D eigenvalue weighted by Crippen LogP contribution is 2.21. The molecule has 0 saturated carbocycles. The molecule has 0 spiro atoms. The third-order valence-corrected chi connectivity index (χ3v) is 4.71. The molecule has 1 amide bonds. The van der Waals surface area contributed by atoms with Crippen molar-refractivity contribution in [3.8, 4) is 0 Å². The first kappa shape index (κ1) is 14.7. The quantitative estimate of drug-likeness (QED) is 0.796. The zero-order valence-corrected chi connectivity index (χ0v) is 12.9. The zero-order chi connectivity index (χ0) is 14.5. The van der Waals surface area contributed by atoms with E-state index in [2.05, 4.69) is 4.74 Å². The number of nitrogens with zero attached hydrogens (tertiary/aromatic N) is 1. The Labute approximate surface area is 125 Å². The molecule has 0 saturated heterocycles. The molecule has 0 aliphatic rings. The third-order valence-electron chi connectivity index (χ3n) is 2.80. The molecule has 2 rings (SSSR count). The number of hydrogen-bond acceptors (Lipinski definition) is 5. The molecule has 0 aliphatic carbocycles. The van der Waals surface area contributed by atoms with E-state index in [0.29, 0.717) is 22.8 Å². The highest BCUT2D eigenvalue weighted by Gasteiger charge is 2.19. The van der Waals surface area contributed by atoms with Crippen LogP contribution in [-0.2, 0) is 11.3 Å². The Morgan fingerprint density at radius 1 is 1.25 bits per heavy atom. The normalized spacial score (nSPS) is 10.3. The summed E-state index contributed by atoms with van der Waals surface area (Å²) in [5.74, 6) is -0.462. The maximum atomic E-state index is 12.4. The maximum absolute atomic E-state index is 12.4. The molecular formula is C14H15NO3S2. The van der Waals surface area contributed by atoms with Gasteiger partial charge in [-0.15, -0.1) is 22.7 Å². The number of carbonyl (C=O) groups excluding carboxylic acids is 2. The number of carbonyl (C=O) groups is 2. The molecule has 0 fully saturated rings. The van der Waals surface area contributed by atoms with Gasteiger partial charge in [0.1, 0.15) is 4.88 Å². The molecule has 2 heterocycles. The number of hydrogen-bond donors (Lipinski definition) is 0. The number of esters is 1. The minimum absolute atomic E-state index is 0.0546. The summed E-state index contributed by atoms with van der Waals surface area (Å²) in [5, 5.41) is 1.99. The van der Waals surface area contributed by atoms with Crippen molar-refractivity contribution in [3.63, 3.8) is 0 Å². The summed E-state index contributed by atoms with van der Waals surface area (Å²) < 4.78 is 4.65. The first-order valence-electron chi connectivity index (χ1n) is 6.15. The average molecular weight is 309 g/mol. The van der Waals surface area contributed by atoms with Crippen molar-refractivity contribution in [3.05, 3.63) is 44.3 Å². The van der Waals surface area contributed by atoms with E-state index < -0.39 is 5.97 Å². The van der Waals surface area contributed by atoms with Gasteiger partial charge in [0.05, 0.1) is 18.5 Å². The lowest BCUT2D eigenvalue weighted by Crippen LogP contribution is -2.29. The van der Waals surface area contributed by atoms with Crippen molar-refractivity contribution in [2.45, 2.75) is 13.5 Å². The van der Waals surface area contributed by atoms with Crippen LogP contribution in [0.1, 0.15) is 31.1 Å². The number of methoxy groups -OCH3 is 1. The molecule has 20 heavy (non-hydrogen) atoms. The Morgan fingerprint density at radius 3 is 2.60 bits per heavy atom. The van der Waals surface area contributed by atoms with Crippen LogP contribution in [0.5, 0.6) is 0 Å². The van der Waals surface area contributed by atoms with Crippen LogP contribution in [-0.4, -0.2) is 30.4 Å². The van der Waals surface area contributed by atoms with Crippen molar-refractivity contribution < 1.29 is 14.3 Å². The Morgan fingerprint density at radius 2 is 2.00 bits per heavy atom. The van der Waals surface area contributed by atoms with Crippen LogP contribution in [0.15, 0.2) is 29.6 Å². The molecule has 2 aromatic heterocycles. The zero-order valence-electron chi connectivity index (χ0n) is 11.3. The minimum atomic E-state index is -0.407. The molecule has 0 aromatic carbocycles. The van der Waals surface area contributed by atoms with E-state index in [1.165, 1.54) is 18.4 Å². The van der Waals surface area contributed by atoms with E-state index in [-0.39, 0.29) is 5.91 Å². The highest BCUT2D eigenvalue weighted by molar-refractivity contribution is 7.15. The van der Waals surface area contributed by atoms with Crippen molar-refractivity contribution in [2.24, 2.45) is 0 Å². The van der Waals surface area contributed by atoms with Crippen LogP contribution in [0.4, 0.5) is 0 Å². The standard InChI is InChI=1S/C14H15NO3S2/c1-3-15(9-10-5-4-8-19-10)13(16)11-6-7-12(20-11)14(17)18-2/h4-8H,3,9H2,1-2H3. The number of ether oxygens (including phenoxy) is 1. The monoisotopic (exact) mass is 309 g/mol. The summed E-state index contributed by atoms with van der Waals surface area (Å²) >= 11 is 2.80. The largest absolute Gasteiger partial charge is 0.465 e. The molecule has 0 aliphatic heterocycles. The second-order valence-electron chi connectivity index (χ2n) is 4.05. The van der Waals surface area contributed by atoms with E-state index >= 15 is 0 Å². The molecule has 2 aromatic rings. The summed E-state index contributed by atoms with van der Waals surface area (Å²) in [4.78, 5) is 27.7. The first-order valence-corrected chi connectivity index (χ1v) is 7.85. The van der Waals surface area contributed by atoms with Gasteiger partial charge >= 0.3 is 5.97 Å². The highest BCUT2D eigenvalue weighted by atomic mass is 32.1. The predicted octanol–water partition coefficient (Wildman–Crippen LogP) is 3.26. The van der Waals surface area contributed by atoms with Gasteiger partial charge in [-0.3, -0.25) is 4.79 Å². The number of rotatable bonds is 5. The summed E-state index contributed by atoms with van der Waals surface area (Å²) in [7, 11) is 1.33. The molecule has 0 bridgehead atoms. The van der Waals surface area contributed by atoms with Crippen molar-refractivity contribution in [1.82, 2.24) is 4.90 Å². The maximum Gasteiger partial charge on any atom is 0.348 e. The lowest BCUT2D eigenvalue weighted by Gasteiger charge is -2.19. The molecule has 6 heteroatoms. The van der Waals surface area contributed by atoms with Crippen molar-refractivity contribution in [2.75, 3.05) is 13.7 Å². The van der Waals surface area contributed by atoms with Crippen LogP contribution in [0.2, 0.25) is 0 Å². The summed E-state index contributed by atoms with van der Waals surface area (Å²) in [5.41, 5.74) is 0. The lowest BCUT2D eigenvalue weighted by molar-refractivity contribution is 0.0606. The van der Waals surface area contributed by atoms with Gasteiger partial charge in [0.15, 0.2) is 0 Å². The van der Waals surface area contributed by atoms with Crippen LogP contribution >= 0.6 is 22.7 Å². The summed E-state index contributed by atoms with van der Waals surface area (Å²) in [6.07, 6.45) is 0. The van der Waals surface area contributed by atoms with Crippen molar-refractivity contribution >= 4 is 34.6 Å². The summed E-state index contributed by atoms with van der Waals surface area (Å²) in [6.45, 7) is 3.17. The van der Waals surface area contributed by atoms with Crippen LogP contribution in [0.25, 0.3) is 0 Å². The second kappa shape index (κ2) is 6.67. The van der Waals surface area contributed by atoms with Crippen LogP contribution in [0.3, 0.4) is 0 Å². The van der Waals surface area contributed by atoms with E-state index in [0.717, 1.165) is 4.88 Å². The van der Waals surface area contributed by atoms with E-state index in [4.69, 9.17) is 0 Å². The van der Waals surface area contributed by atoms with Crippen molar-refractivity contribution in [1.29, 1.82) is 0 Å². The van der Waals surface area contributed by atoms with E-state index in [1.54, 1.807) is 28.4 Å². The minimum Gasteiger partial charge on any atom is -0.465 e. The Bertz CT molecular complexity index is 589. The van der Waals surface area contributed by atoms with Gasteiger partial charge in [-0.05, 0) is 30.5 Å². The van der Waals surface area contributed by atoms with Gasteiger partial charge in [0.25, 0.3) is 5.91 Å². The SMILES string of the molecule is CCN(Cc1cccs1)C(=O)c1ccc(C(=O)OC)s1. The third kappa shape index (κ3) is 3.26. The van der Waals surface area contributed by atoms with Gasteiger partial charge in [-0.2, -0.15) is 0 Å². The van der Waals surface area contributed by atoms with Gasteiger partial charge in [0.2, 0.25) is 0 Å². The Kier molecular flexibility index (Phi) is 4.92. The predicted molar refractivity (Wildman–Crippen MR) is 80.4 cm³/mol. The fraction of sp³-hybridized carbons (Fsp3) is 0.286. The number of amides is 1. The molecule has 0 N–H and O–H groups in total. The van der Waals surface area contributed by atoms with Gasteiger partial charge in [-0.25, -0.2) is 4.79 Å².